The number of carbonyl (C=O) groups excluding carboxylic acids is 3. The van der Waals surface area contributed by atoms with Gasteiger partial charge in [0.25, 0.3) is 5.91 Å². The molecule has 3 aromatic carbocycles. The molecule has 4 rings (SSSR count). The van der Waals surface area contributed by atoms with E-state index in [1.807, 2.05) is 6.92 Å². The molecule has 9 heteroatoms. The molecule has 1 heterocycles. The number of hydrogen-bond donors (Lipinski definition) is 2. The molecule has 3 aromatic rings. The van der Waals surface area contributed by atoms with E-state index in [1.165, 1.54) is 17.0 Å². The Hall–Kier alpha value is -4.14. The van der Waals surface area contributed by atoms with E-state index in [2.05, 4.69) is 10.6 Å². The fourth-order valence-electron chi connectivity index (χ4n) is 3.72. The minimum atomic E-state index is -4.56. The van der Waals surface area contributed by atoms with E-state index >= 15 is 0 Å². The molecule has 1 aliphatic heterocycles. The second-order valence-corrected chi connectivity index (χ2v) is 7.89. The highest BCUT2D eigenvalue weighted by molar-refractivity contribution is 6.17. The van der Waals surface area contributed by atoms with Crippen molar-refractivity contribution in [3.63, 3.8) is 0 Å². The van der Waals surface area contributed by atoms with Gasteiger partial charge >= 0.3 is 6.18 Å². The van der Waals surface area contributed by atoms with Crippen LogP contribution in [0.4, 0.5) is 30.2 Å². The molecule has 6 nitrogen and oxygen atoms in total. The summed E-state index contributed by atoms with van der Waals surface area (Å²) in [5.74, 6) is -1.75. The fraction of sp³-hybridized carbons (Fsp3) is 0.160. The number of fused-ring (bicyclic) bond motifs is 1. The van der Waals surface area contributed by atoms with E-state index in [4.69, 9.17) is 0 Å². The van der Waals surface area contributed by atoms with Crippen molar-refractivity contribution < 1.29 is 27.6 Å². The van der Waals surface area contributed by atoms with Gasteiger partial charge in [0.1, 0.15) is 6.04 Å². The zero-order valence-corrected chi connectivity index (χ0v) is 18.0. The molecule has 1 atom stereocenters. The third-order valence-electron chi connectivity index (χ3n) is 5.41. The zero-order valence-electron chi connectivity index (χ0n) is 18.0. The summed E-state index contributed by atoms with van der Waals surface area (Å²) in [5, 5.41) is 5.09. The number of para-hydroxylation sites is 2. The lowest BCUT2D eigenvalue weighted by molar-refractivity contribution is -0.137. The highest BCUT2D eigenvalue weighted by Crippen LogP contribution is 2.34. The minimum Gasteiger partial charge on any atom is -0.326 e. The molecule has 0 saturated heterocycles. The predicted molar refractivity (Wildman–Crippen MR) is 122 cm³/mol. The Labute approximate surface area is 193 Å². The maximum Gasteiger partial charge on any atom is 0.416 e. The molecule has 174 valence electrons. The third kappa shape index (κ3) is 4.78. The van der Waals surface area contributed by atoms with Gasteiger partial charge in [-0.25, -0.2) is 0 Å². The van der Waals surface area contributed by atoms with Crippen LogP contribution in [0.25, 0.3) is 0 Å². The number of rotatable bonds is 4. The first kappa shape index (κ1) is 23.0. The number of anilines is 3. The van der Waals surface area contributed by atoms with E-state index in [-0.39, 0.29) is 5.69 Å². The third-order valence-corrected chi connectivity index (χ3v) is 5.41. The van der Waals surface area contributed by atoms with Crippen LogP contribution in [0.1, 0.15) is 27.9 Å². The molecule has 0 unspecified atom stereocenters. The average Bonchev–Trinajstić information content (AvgIpc) is 2.79. The molecule has 34 heavy (non-hydrogen) atoms. The largest absolute Gasteiger partial charge is 0.416 e. The normalized spacial score (nSPS) is 15.4. The Bertz CT molecular complexity index is 1260. The van der Waals surface area contributed by atoms with Crippen LogP contribution in [-0.2, 0) is 15.8 Å². The molecule has 2 N–H and O–H groups in total. The van der Waals surface area contributed by atoms with Crippen molar-refractivity contribution in [3.05, 3.63) is 89.5 Å². The lowest BCUT2D eigenvalue weighted by Crippen LogP contribution is -2.52. The van der Waals surface area contributed by atoms with Gasteiger partial charge in [0.15, 0.2) is 0 Å². The quantitative estimate of drug-likeness (QED) is 0.566. The van der Waals surface area contributed by atoms with Crippen LogP contribution >= 0.6 is 0 Å². The second kappa shape index (κ2) is 9.01. The van der Waals surface area contributed by atoms with Gasteiger partial charge in [-0.1, -0.05) is 35.9 Å². The Kier molecular flexibility index (Phi) is 6.10. The van der Waals surface area contributed by atoms with Crippen molar-refractivity contribution in [1.82, 2.24) is 0 Å². The highest BCUT2D eigenvalue weighted by Gasteiger charge is 2.38. The molecule has 0 spiro atoms. The Balaban J connectivity index is 1.62. The Morgan fingerprint density at radius 3 is 2.41 bits per heavy atom. The summed E-state index contributed by atoms with van der Waals surface area (Å²) in [6.07, 6.45) is -5.01. The van der Waals surface area contributed by atoms with Gasteiger partial charge in [0, 0.05) is 11.3 Å². The SMILES string of the molecule is Cc1ccc(C(=O)N2c3ccccc3NC(=O)[C@H]2CC(=O)Nc2cccc(C(F)(F)F)c2)cc1. The molecular formula is C25H20F3N3O3. The van der Waals surface area contributed by atoms with Gasteiger partial charge in [-0.2, -0.15) is 13.2 Å². The summed E-state index contributed by atoms with van der Waals surface area (Å²) in [4.78, 5) is 40.3. The summed E-state index contributed by atoms with van der Waals surface area (Å²) in [6, 6.07) is 16.5. The smallest absolute Gasteiger partial charge is 0.326 e. The molecular weight excluding hydrogens is 447 g/mol. The van der Waals surface area contributed by atoms with Crippen molar-refractivity contribution in [2.45, 2.75) is 25.6 Å². The van der Waals surface area contributed by atoms with Crippen LogP contribution in [0.5, 0.6) is 0 Å². The monoisotopic (exact) mass is 467 g/mol. The fourth-order valence-corrected chi connectivity index (χ4v) is 3.72. The molecule has 0 fully saturated rings. The standard InChI is InChI=1S/C25H20F3N3O3/c1-15-9-11-16(12-10-15)24(34)31-20-8-3-2-7-19(20)30-23(33)21(31)14-22(32)29-18-6-4-5-17(13-18)25(26,27)28/h2-13,21H,14H2,1H3,(H,29,32)(H,30,33)/t21-/m1/s1. The Morgan fingerprint density at radius 1 is 1.00 bits per heavy atom. The maximum absolute atomic E-state index is 13.4. The predicted octanol–water partition coefficient (Wildman–Crippen LogP) is 5.01. The number of nitrogens with zero attached hydrogens (tertiary/aromatic N) is 1. The number of halogens is 3. The summed E-state index contributed by atoms with van der Waals surface area (Å²) >= 11 is 0. The van der Waals surface area contributed by atoms with Gasteiger partial charge in [-0.05, 0) is 49.4 Å². The van der Waals surface area contributed by atoms with E-state index in [1.54, 1.807) is 48.5 Å². The molecule has 0 radical (unpaired) electrons. The first-order chi connectivity index (χ1) is 16.1. The van der Waals surface area contributed by atoms with E-state index < -0.39 is 41.9 Å². The van der Waals surface area contributed by atoms with Crippen LogP contribution in [0.15, 0.2) is 72.8 Å². The van der Waals surface area contributed by atoms with Gasteiger partial charge in [-0.3, -0.25) is 19.3 Å². The number of nitrogens with one attached hydrogen (secondary N) is 2. The molecule has 3 amide bonds. The molecule has 0 saturated carbocycles. The first-order valence-corrected chi connectivity index (χ1v) is 10.4. The number of amides is 3. The number of aryl methyl sites for hydroxylation is 1. The number of alkyl halides is 3. The van der Waals surface area contributed by atoms with Crippen molar-refractivity contribution in [3.8, 4) is 0 Å². The molecule has 0 aliphatic carbocycles. The summed E-state index contributed by atoms with van der Waals surface area (Å²) in [5.41, 5.74) is 1.15. The topological polar surface area (TPSA) is 78.5 Å². The second-order valence-electron chi connectivity index (χ2n) is 7.89. The van der Waals surface area contributed by atoms with E-state index in [0.717, 1.165) is 17.7 Å². The average molecular weight is 467 g/mol. The maximum atomic E-state index is 13.4. The first-order valence-electron chi connectivity index (χ1n) is 10.4. The van der Waals surface area contributed by atoms with Crippen molar-refractivity contribution >= 4 is 34.8 Å². The van der Waals surface area contributed by atoms with Crippen LogP contribution in [0.2, 0.25) is 0 Å². The van der Waals surface area contributed by atoms with Gasteiger partial charge in [0.05, 0.1) is 23.4 Å². The lowest BCUT2D eigenvalue weighted by Gasteiger charge is -2.36. The number of carbonyl (C=O) groups is 3. The lowest BCUT2D eigenvalue weighted by atomic mass is 10.0. The van der Waals surface area contributed by atoms with Crippen LogP contribution in [0, 0.1) is 6.92 Å². The van der Waals surface area contributed by atoms with Crippen LogP contribution < -0.4 is 15.5 Å². The highest BCUT2D eigenvalue weighted by atomic mass is 19.4. The molecule has 0 bridgehead atoms. The van der Waals surface area contributed by atoms with E-state index in [9.17, 15) is 27.6 Å². The number of benzene rings is 3. The summed E-state index contributed by atoms with van der Waals surface area (Å²) in [7, 11) is 0. The van der Waals surface area contributed by atoms with Crippen LogP contribution in [0.3, 0.4) is 0 Å². The summed E-state index contributed by atoms with van der Waals surface area (Å²) < 4.78 is 39.0. The molecule has 1 aliphatic rings. The molecule has 0 aromatic heterocycles. The van der Waals surface area contributed by atoms with Gasteiger partial charge in [0.2, 0.25) is 11.8 Å². The zero-order chi connectivity index (χ0) is 24.5. The van der Waals surface area contributed by atoms with E-state index in [0.29, 0.717) is 16.9 Å². The van der Waals surface area contributed by atoms with Crippen molar-refractivity contribution in [1.29, 1.82) is 0 Å². The minimum absolute atomic E-state index is 0.0622. The van der Waals surface area contributed by atoms with Gasteiger partial charge in [-0.15, -0.1) is 0 Å². The summed E-state index contributed by atoms with van der Waals surface area (Å²) in [6.45, 7) is 1.87. The van der Waals surface area contributed by atoms with Gasteiger partial charge < -0.3 is 10.6 Å². The van der Waals surface area contributed by atoms with Crippen LogP contribution in [-0.4, -0.2) is 23.8 Å². The number of hydrogen-bond acceptors (Lipinski definition) is 3. The van der Waals surface area contributed by atoms with Crippen molar-refractivity contribution in [2.75, 3.05) is 15.5 Å². The van der Waals surface area contributed by atoms with Crippen molar-refractivity contribution in [2.24, 2.45) is 0 Å². The Morgan fingerprint density at radius 2 is 1.71 bits per heavy atom.